The standard InChI is InChI=1S/C17H24N2O3/c1-4-17(2)21-14-7-6-13(12-15(14)22-17)16(20)19-9-5-8-18(3)10-11-19/h6-7,12H,4-5,8-11H2,1-3H3. The molecule has 3 rings (SSSR count). The molecule has 1 amide bonds. The van der Waals surface area contributed by atoms with Crippen LogP contribution in [0.3, 0.4) is 0 Å². The van der Waals surface area contributed by atoms with E-state index >= 15 is 0 Å². The molecule has 5 nitrogen and oxygen atoms in total. The predicted molar refractivity (Wildman–Crippen MR) is 84.4 cm³/mol. The molecule has 0 saturated carbocycles. The summed E-state index contributed by atoms with van der Waals surface area (Å²) in [5, 5.41) is 0. The predicted octanol–water partition coefficient (Wildman–Crippen LogP) is 2.36. The highest BCUT2D eigenvalue weighted by Gasteiger charge is 2.35. The molecule has 0 bridgehead atoms. The average molecular weight is 304 g/mol. The molecular formula is C17H24N2O3. The van der Waals surface area contributed by atoms with Gasteiger partial charge in [-0.25, -0.2) is 0 Å². The highest BCUT2D eigenvalue weighted by atomic mass is 16.7. The summed E-state index contributed by atoms with van der Waals surface area (Å²) in [6, 6.07) is 5.49. The molecule has 0 spiro atoms. The number of ether oxygens (including phenoxy) is 2. The summed E-state index contributed by atoms with van der Waals surface area (Å²) in [4.78, 5) is 16.9. The van der Waals surface area contributed by atoms with Crippen molar-refractivity contribution >= 4 is 5.91 Å². The van der Waals surface area contributed by atoms with E-state index in [9.17, 15) is 4.79 Å². The van der Waals surface area contributed by atoms with E-state index in [1.54, 1.807) is 0 Å². The summed E-state index contributed by atoms with van der Waals surface area (Å²) >= 11 is 0. The molecule has 1 aromatic rings. The van der Waals surface area contributed by atoms with Crippen LogP contribution in [0, 0.1) is 0 Å². The number of benzene rings is 1. The number of hydrogen-bond donors (Lipinski definition) is 0. The highest BCUT2D eigenvalue weighted by Crippen LogP contribution is 2.41. The molecule has 2 heterocycles. The van der Waals surface area contributed by atoms with E-state index in [4.69, 9.17) is 9.47 Å². The minimum atomic E-state index is -0.616. The van der Waals surface area contributed by atoms with Crippen molar-refractivity contribution in [3.05, 3.63) is 23.8 Å². The molecule has 0 aliphatic carbocycles. The zero-order valence-electron chi connectivity index (χ0n) is 13.6. The molecule has 22 heavy (non-hydrogen) atoms. The summed E-state index contributed by atoms with van der Waals surface area (Å²) < 4.78 is 11.7. The fraction of sp³-hybridized carbons (Fsp3) is 0.588. The van der Waals surface area contributed by atoms with Gasteiger partial charge in [-0.15, -0.1) is 0 Å². The molecule has 1 atom stereocenters. The van der Waals surface area contributed by atoms with Crippen LogP contribution >= 0.6 is 0 Å². The Balaban J connectivity index is 1.76. The van der Waals surface area contributed by atoms with Gasteiger partial charge in [0, 0.05) is 38.5 Å². The summed E-state index contributed by atoms with van der Waals surface area (Å²) in [5.74, 6) is 0.848. The first-order valence-electron chi connectivity index (χ1n) is 8.01. The van der Waals surface area contributed by atoms with Crippen molar-refractivity contribution in [1.29, 1.82) is 0 Å². The molecule has 1 saturated heterocycles. The topological polar surface area (TPSA) is 42.0 Å². The lowest BCUT2D eigenvalue weighted by molar-refractivity contribution is -0.0640. The molecule has 2 aliphatic heterocycles. The maximum atomic E-state index is 12.7. The number of rotatable bonds is 2. The van der Waals surface area contributed by atoms with E-state index in [0.29, 0.717) is 11.3 Å². The van der Waals surface area contributed by atoms with Gasteiger partial charge in [0.1, 0.15) is 0 Å². The van der Waals surface area contributed by atoms with E-state index in [1.807, 2.05) is 36.9 Å². The average Bonchev–Trinajstić information content (AvgIpc) is 2.70. The normalized spacial score (nSPS) is 25.1. The third-order valence-corrected chi connectivity index (χ3v) is 4.49. The zero-order valence-corrected chi connectivity index (χ0v) is 13.6. The van der Waals surface area contributed by atoms with Crippen LogP contribution in [-0.2, 0) is 0 Å². The molecule has 5 heteroatoms. The maximum Gasteiger partial charge on any atom is 0.254 e. The molecule has 1 aromatic carbocycles. The van der Waals surface area contributed by atoms with Gasteiger partial charge in [-0.2, -0.15) is 0 Å². The molecule has 1 unspecified atom stereocenters. The fourth-order valence-electron chi connectivity index (χ4n) is 2.87. The Morgan fingerprint density at radius 1 is 1.18 bits per heavy atom. The smallest absolute Gasteiger partial charge is 0.254 e. The number of carbonyl (C=O) groups is 1. The summed E-state index contributed by atoms with van der Waals surface area (Å²) in [7, 11) is 2.10. The van der Waals surface area contributed by atoms with Crippen molar-refractivity contribution in [3.8, 4) is 11.5 Å². The van der Waals surface area contributed by atoms with E-state index in [-0.39, 0.29) is 5.91 Å². The lowest BCUT2D eigenvalue weighted by Gasteiger charge is -2.21. The first-order valence-corrected chi connectivity index (χ1v) is 8.01. The van der Waals surface area contributed by atoms with Gasteiger partial charge in [0.05, 0.1) is 0 Å². The largest absolute Gasteiger partial charge is 0.449 e. The van der Waals surface area contributed by atoms with Crippen LogP contribution < -0.4 is 9.47 Å². The number of carbonyl (C=O) groups excluding carboxylic acids is 1. The van der Waals surface area contributed by atoms with Gasteiger partial charge in [0.25, 0.3) is 5.91 Å². The fourth-order valence-corrected chi connectivity index (χ4v) is 2.87. The molecule has 0 aromatic heterocycles. The Morgan fingerprint density at radius 2 is 1.95 bits per heavy atom. The molecule has 0 N–H and O–H groups in total. The van der Waals surface area contributed by atoms with E-state index in [2.05, 4.69) is 11.9 Å². The molecular weight excluding hydrogens is 280 g/mol. The van der Waals surface area contributed by atoms with E-state index < -0.39 is 5.79 Å². The number of amides is 1. The van der Waals surface area contributed by atoms with Crippen LogP contribution in [0.1, 0.15) is 37.0 Å². The number of hydrogen-bond acceptors (Lipinski definition) is 4. The van der Waals surface area contributed by atoms with Crippen LogP contribution in [0.15, 0.2) is 18.2 Å². The van der Waals surface area contributed by atoms with Crippen molar-refractivity contribution in [1.82, 2.24) is 9.80 Å². The quantitative estimate of drug-likeness (QED) is 0.841. The first-order chi connectivity index (χ1) is 10.5. The maximum absolute atomic E-state index is 12.7. The van der Waals surface area contributed by atoms with Crippen molar-refractivity contribution in [2.24, 2.45) is 0 Å². The number of nitrogens with zero attached hydrogens (tertiary/aromatic N) is 2. The first kappa shape index (κ1) is 15.2. The van der Waals surface area contributed by atoms with Crippen molar-refractivity contribution < 1.29 is 14.3 Å². The van der Waals surface area contributed by atoms with Crippen LogP contribution in [0.4, 0.5) is 0 Å². The second-order valence-corrected chi connectivity index (χ2v) is 6.30. The second kappa shape index (κ2) is 5.80. The lowest BCUT2D eigenvalue weighted by Crippen LogP contribution is -2.34. The van der Waals surface area contributed by atoms with Crippen molar-refractivity contribution in [2.75, 3.05) is 33.2 Å². The third kappa shape index (κ3) is 2.90. The second-order valence-electron chi connectivity index (χ2n) is 6.30. The molecule has 1 fully saturated rings. The summed E-state index contributed by atoms with van der Waals surface area (Å²) in [5.41, 5.74) is 0.673. The molecule has 0 radical (unpaired) electrons. The number of likely N-dealkylation sites (N-methyl/N-ethyl adjacent to an activating group) is 1. The van der Waals surface area contributed by atoms with Gasteiger partial charge in [-0.1, -0.05) is 6.92 Å². The number of fused-ring (bicyclic) bond motifs is 1. The van der Waals surface area contributed by atoms with E-state index in [1.165, 1.54) is 0 Å². The minimum Gasteiger partial charge on any atom is -0.449 e. The van der Waals surface area contributed by atoms with Crippen molar-refractivity contribution in [3.63, 3.8) is 0 Å². The lowest BCUT2D eigenvalue weighted by atomic mass is 10.1. The van der Waals surface area contributed by atoms with Gasteiger partial charge in [0.15, 0.2) is 11.5 Å². The van der Waals surface area contributed by atoms with Gasteiger partial charge in [-0.05, 0) is 38.2 Å². The molecule has 2 aliphatic rings. The van der Waals surface area contributed by atoms with E-state index in [0.717, 1.165) is 44.8 Å². The Hall–Kier alpha value is -1.75. The summed E-state index contributed by atoms with van der Waals surface area (Å²) in [6.45, 7) is 7.48. The van der Waals surface area contributed by atoms with Crippen LogP contribution in [0.25, 0.3) is 0 Å². The third-order valence-electron chi connectivity index (χ3n) is 4.49. The monoisotopic (exact) mass is 304 g/mol. The highest BCUT2D eigenvalue weighted by molar-refractivity contribution is 5.95. The zero-order chi connectivity index (χ0) is 15.7. The van der Waals surface area contributed by atoms with Crippen molar-refractivity contribution in [2.45, 2.75) is 32.5 Å². The Kier molecular flexibility index (Phi) is 4.00. The van der Waals surface area contributed by atoms with Crippen LogP contribution in [-0.4, -0.2) is 54.7 Å². The Morgan fingerprint density at radius 3 is 2.73 bits per heavy atom. The molecule has 120 valence electrons. The summed E-state index contributed by atoms with van der Waals surface area (Å²) in [6.07, 6.45) is 1.77. The minimum absolute atomic E-state index is 0.0757. The van der Waals surface area contributed by atoms with Gasteiger partial charge < -0.3 is 19.3 Å². The van der Waals surface area contributed by atoms with Crippen LogP contribution in [0.5, 0.6) is 11.5 Å². The SMILES string of the molecule is CCC1(C)Oc2ccc(C(=O)N3CCCN(C)CC3)cc2O1. The van der Waals surface area contributed by atoms with Crippen LogP contribution in [0.2, 0.25) is 0 Å². The van der Waals surface area contributed by atoms with Gasteiger partial charge in [0.2, 0.25) is 5.79 Å². The van der Waals surface area contributed by atoms with Gasteiger partial charge in [-0.3, -0.25) is 4.79 Å². The Labute approximate surface area is 131 Å². The Bertz CT molecular complexity index is 575. The van der Waals surface area contributed by atoms with Gasteiger partial charge >= 0.3 is 0 Å².